The predicted octanol–water partition coefficient (Wildman–Crippen LogP) is 0.761. The minimum atomic E-state index is -3.48. The molecule has 0 radical (unpaired) electrons. The van der Waals surface area contributed by atoms with Crippen molar-refractivity contribution in [1.29, 1.82) is 0 Å². The van der Waals surface area contributed by atoms with Gasteiger partial charge in [0, 0.05) is 25.1 Å². The number of nitrogens with two attached hydrogens (primary N) is 1. The lowest BCUT2D eigenvalue weighted by atomic mass is 10.1. The Morgan fingerprint density at radius 2 is 1.96 bits per heavy atom. The molecule has 1 aromatic heterocycles. The minimum Gasteiger partial charge on any atom is -0.361 e. The Labute approximate surface area is 154 Å². The van der Waals surface area contributed by atoms with E-state index in [0.29, 0.717) is 19.0 Å². The van der Waals surface area contributed by atoms with Crippen LogP contribution in [0.1, 0.15) is 37.8 Å². The summed E-state index contributed by atoms with van der Waals surface area (Å²) < 4.78 is 27.2. The van der Waals surface area contributed by atoms with Crippen molar-refractivity contribution in [3.05, 3.63) is 17.0 Å². The maximum absolute atomic E-state index is 10.9. The van der Waals surface area contributed by atoms with Gasteiger partial charge in [0.2, 0.25) is 10.0 Å². The van der Waals surface area contributed by atoms with Gasteiger partial charge in [-0.05, 0) is 13.3 Å². The van der Waals surface area contributed by atoms with E-state index in [1.165, 1.54) is 0 Å². The monoisotopic (exact) mass is 459 g/mol. The van der Waals surface area contributed by atoms with Crippen molar-refractivity contribution in [2.45, 2.75) is 40.2 Å². The number of primary sulfonamides is 1. The van der Waals surface area contributed by atoms with Gasteiger partial charge in [0.1, 0.15) is 5.76 Å². The highest BCUT2D eigenvalue weighted by Gasteiger charge is 2.13. The summed E-state index contributed by atoms with van der Waals surface area (Å²) in [6.45, 7) is 7.26. The molecule has 23 heavy (non-hydrogen) atoms. The molecule has 0 saturated heterocycles. The average molecular weight is 459 g/mol. The molecule has 0 fully saturated rings. The molecular formula is C13H26IN5O3S. The quantitative estimate of drug-likeness (QED) is 0.300. The van der Waals surface area contributed by atoms with Crippen LogP contribution in [0.15, 0.2) is 9.52 Å². The van der Waals surface area contributed by atoms with Crippen molar-refractivity contribution in [2.75, 3.05) is 18.8 Å². The molecule has 0 bridgehead atoms. The molecule has 0 unspecified atom stereocenters. The maximum Gasteiger partial charge on any atom is 0.210 e. The van der Waals surface area contributed by atoms with Gasteiger partial charge in [0.25, 0.3) is 0 Å². The van der Waals surface area contributed by atoms with E-state index in [1.807, 2.05) is 20.8 Å². The number of aliphatic imine (C=N–C) groups is 1. The van der Waals surface area contributed by atoms with Crippen molar-refractivity contribution in [3.8, 4) is 0 Å². The molecular weight excluding hydrogens is 433 g/mol. The fourth-order valence-electron chi connectivity index (χ4n) is 1.93. The molecule has 134 valence electrons. The number of sulfonamides is 1. The van der Waals surface area contributed by atoms with Crippen molar-refractivity contribution < 1.29 is 12.9 Å². The average Bonchev–Trinajstić information content (AvgIpc) is 2.85. The van der Waals surface area contributed by atoms with Gasteiger partial charge >= 0.3 is 0 Å². The van der Waals surface area contributed by atoms with Gasteiger partial charge in [-0.15, -0.1) is 24.0 Å². The Bertz CT molecular complexity index is 579. The molecule has 0 amide bonds. The number of aryl methyl sites for hydroxylation is 2. The van der Waals surface area contributed by atoms with Crippen LogP contribution in [0.5, 0.6) is 0 Å². The second-order valence-corrected chi connectivity index (χ2v) is 6.46. The third-order valence-electron chi connectivity index (χ3n) is 3.03. The van der Waals surface area contributed by atoms with Gasteiger partial charge in [-0.3, -0.25) is 0 Å². The summed E-state index contributed by atoms with van der Waals surface area (Å²) in [6, 6.07) is 0. The molecule has 4 N–H and O–H groups in total. The number of hydrogen-bond donors (Lipinski definition) is 3. The van der Waals surface area contributed by atoms with E-state index in [1.54, 1.807) is 0 Å². The fraction of sp³-hybridized carbons (Fsp3) is 0.692. The molecule has 0 aliphatic carbocycles. The number of guanidine groups is 1. The van der Waals surface area contributed by atoms with Crippen LogP contribution in [0.2, 0.25) is 0 Å². The van der Waals surface area contributed by atoms with Crippen LogP contribution in [-0.2, 0) is 29.4 Å². The summed E-state index contributed by atoms with van der Waals surface area (Å²) in [5.74, 6) is 1.22. The zero-order valence-corrected chi connectivity index (χ0v) is 16.9. The van der Waals surface area contributed by atoms with Gasteiger partial charge in [0.05, 0.1) is 18.0 Å². The lowest BCUT2D eigenvalue weighted by molar-refractivity contribution is 0.380. The van der Waals surface area contributed by atoms with Crippen LogP contribution in [-0.4, -0.2) is 38.4 Å². The van der Waals surface area contributed by atoms with E-state index in [-0.39, 0.29) is 36.3 Å². The molecule has 1 heterocycles. The second-order valence-electron chi connectivity index (χ2n) is 4.73. The van der Waals surface area contributed by atoms with Crippen molar-refractivity contribution >= 4 is 40.0 Å². The third-order valence-corrected chi connectivity index (χ3v) is 3.80. The molecule has 1 rings (SSSR count). The highest BCUT2D eigenvalue weighted by molar-refractivity contribution is 14.0. The zero-order chi connectivity index (χ0) is 16.6. The van der Waals surface area contributed by atoms with Crippen LogP contribution in [0.25, 0.3) is 0 Å². The van der Waals surface area contributed by atoms with Crippen molar-refractivity contribution in [3.63, 3.8) is 0 Å². The first kappa shape index (κ1) is 22.1. The normalized spacial score (nSPS) is 11.9. The highest BCUT2D eigenvalue weighted by atomic mass is 127. The first-order chi connectivity index (χ1) is 10.4. The van der Waals surface area contributed by atoms with Gasteiger partial charge in [0.15, 0.2) is 5.96 Å². The standard InChI is InChI=1S/C13H25N5O3S.HI/c1-4-11-10(12(5-2)21-18-11)9-17-13(15-6-3)16-7-8-22(14,19)20;/h4-9H2,1-3H3,(H2,14,19,20)(H2,15,16,17);1H. The predicted molar refractivity (Wildman–Crippen MR) is 101 cm³/mol. The summed E-state index contributed by atoms with van der Waals surface area (Å²) in [6.07, 6.45) is 1.54. The van der Waals surface area contributed by atoms with E-state index in [4.69, 9.17) is 9.66 Å². The van der Waals surface area contributed by atoms with Crippen molar-refractivity contribution in [2.24, 2.45) is 10.1 Å². The number of rotatable bonds is 8. The summed E-state index contributed by atoms with van der Waals surface area (Å²) in [5.41, 5.74) is 1.90. The molecule has 10 heteroatoms. The minimum absolute atomic E-state index is 0. The van der Waals surface area contributed by atoms with Crippen LogP contribution in [0.3, 0.4) is 0 Å². The zero-order valence-electron chi connectivity index (χ0n) is 13.8. The third kappa shape index (κ3) is 7.97. The first-order valence-corrected chi connectivity index (χ1v) is 9.11. The van der Waals surface area contributed by atoms with Crippen LogP contribution in [0.4, 0.5) is 0 Å². The summed E-state index contributed by atoms with van der Waals surface area (Å²) in [5, 5.41) is 15.0. The van der Waals surface area contributed by atoms with E-state index in [2.05, 4.69) is 20.8 Å². The molecule has 1 aromatic rings. The summed E-state index contributed by atoms with van der Waals surface area (Å²) in [7, 11) is -3.48. The maximum atomic E-state index is 10.9. The van der Waals surface area contributed by atoms with Gasteiger partial charge in [-0.1, -0.05) is 19.0 Å². The Morgan fingerprint density at radius 3 is 2.48 bits per heavy atom. The summed E-state index contributed by atoms with van der Waals surface area (Å²) >= 11 is 0. The number of hydrogen-bond acceptors (Lipinski definition) is 5. The summed E-state index contributed by atoms with van der Waals surface area (Å²) in [4.78, 5) is 4.45. The Morgan fingerprint density at radius 1 is 1.26 bits per heavy atom. The molecule has 0 atom stereocenters. The van der Waals surface area contributed by atoms with Crippen molar-refractivity contribution in [1.82, 2.24) is 15.8 Å². The van der Waals surface area contributed by atoms with Crippen LogP contribution >= 0.6 is 24.0 Å². The molecule has 0 saturated carbocycles. The van der Waals surface area contributed by atoms with E-state index >= 15 is 0 Å². The first-order valence-electron chi connectivity index (χ1n) is 7.40. The number of halogens is 1. The molecule has 0 aliphatic heterocycles. The lowest BCUT2D eigenvalue weighted by Crippen LogP contribution is -2.40. The van der Waals surface area contributed by atoms with E-state index in [0.717, 1.165) is 29.9 Å². The molecule has 8 nitrogen and oxygen atoms in total. The van der Waals surface area contributed by atoms with Gasteiger partial charge in [-0.25, -0.2) is 18.5 Å². The fourth-order valence-corrected chi connectivity index (χ4v) is 2.31. The lowest BCUT2D eigenvalue weighted by Gasteiger charge is -2.10. The second kappa shape index (κ2) is 10.8. The SMILES string of the molecule is CCNC(=NCc1c(CC)noc1CC)NCCS(N)(=O)=O.I. The molecule has 0 aliphatic rings. The molecule has 0 spiro atoms. The highest BCUT2D eigenvalue weighted by Crippen LogP contribution is 2.16. The Kier molecular flexibility index (Phi) is 10.4. The van der Waals surface area contributed by atoms with E-state index in [9.17, 15) is 8.42 Å². The Balaban J connectivity index is 0.00000484. The van der Waals surface area contributed by atoms with Crippen LogP contribution < -0.4 is 15.8 Å². The van der Waals surface area contributed by atoms with Crippen LogP contribution in [0, 0.1) is 0 Å². The van der Waals surface area contributed by atoms with E-state index < -0.39 is 10.0 Å². The Hall–Kier alpha value is -0.880. The topological polar surface area (TPSA) is 123 Å². The van der Waals surface area contributed by atoms with Gasteiger partial charge < -0.3 is 15.2 Å². The molecule has 0 aromatic carbocycles. The number of aromatic nitrogens is 1. The number of nitrogens with zero attached hydrogens (tertiary/aromatic N) is 2. The smallest absolute Gasteiger partial charge is 0.210 e. The number of nitrogens with one attached hydrogen (secondary N) is 2. The van der Waals surface area contributed by atoms with Gasteiger partial charge in [-0.2, -0.15) is 0 Å². The largest absolute Gasteiger partial charge is 0.361 e.